The highest BCUT2D eigenvalue weighted by atomic mass is 35.6. The summed E-state index contributed by atoms with van der Waals surface area (Å²) in [5.74, 6) is -0.241. The number of aliphatic hydroxyl groups is 1. The lowest BCUT2D eigenvalue weighted by Crippen LogP contribution is -2.67. The Hall–Kier alpha value is -1.10. The minimum Gasteiger partial charge on any atom is -0.497 e. The Balaban J connectivity index is 1.76. The Morgan fingerprint density at radius 2 is 2.03 bits per heavy atom. The number of methoxy groups -OCH3 is 1. The molecule has 3 unspecified atom stereocenters. The summed E-state index contributed by atoms with van der Waals surface area (Å²) in [7, 11) is 1.57. The van der Waals surface area contributed by atoms with Gasteiger partial charge >= 0.3 is 0 Å². The standard InChI is InChI=1S/C19H22Cl3NO7/c1-3-8-27-17-13(23-18(25)19(20,21)22)14(24)15-12(29-17)9-28-16(30-15)10-4-6-11(26-2)7-5-10/h3-7,12-17,24H,1,8-9H2,2H3,(H,23,25)/t12?,13?,14-,15+,16?,17-/m1/s1. The number of hydrogen-bond donors (Lipinski definition) is 2. The van der Waals surface area contributed by atoms with Gasteiger partial charge in [0.15, 0.2) is 12.6 Å². The second kappa shape index (κ2) is 10.0. The number of hydrogen-bond acceptors (Lipinski definition) is 7. The van der Waals surface area contributed by atoms with Gasteiger partial charge in [-0.05, 0) is 12.1 Å². The Morgan fingerprint density at radius 1 is 1.33 bits per heavy atom. The zero-order valence-corrected chi connectivity index (χ0v) is 18.3. The van der Waals surface area contributed by atoms with Gasteiger partial charge in [-0.15, -0.1) is 6.58 Å². The van der Waals surface area contributed by atoms with Crippen LogP contribution in [0.25, 0.3) is 0 Å². The summed E-state index contributed by atoms with van der Waals surface area (Å²) in [6.07, 6.45) is -2.95. The molecule has 0 aromatic heterocycles. The molecule has 0 radical (unpaired) electrons. The third-order valence-corrected chi connectivity index (χ3v) is 5.20. The smallest absolute Gasteiger partial charge is 0.272 e. The number of aliphatic hydroxyl groups excluding tert-OH is 1. The van der Waals surface area contributed by atoms with Crippen molar-refractivity contribution in [1.29, 1.82) is 0 Å². The lowest BCUT2D eigenvalue weighted by molar-refractivity contribution is -0.343. The van der Waals surface area contributed by atoms with Gasteiger partial charge in [-0.2, -0.15) is 0 Å². The number of fused-ring (bicyclic) bond motifs is 1. The summed E-state index contributed by atoms with van der Waals surface area (Å²) in [6.45, 7) is 3.83. The Labute approximate surface area is 188 Å². The third kappa shape index (κ3) is 5.38. The van der Waals surface area contributed by atoms with Gasteiger partial charge in [0.05, 0.1) is 20.3 Å². The van der Waals surface area contributed by atoms with Gasteiger partial charge in [0.2, 0.25) is 0 Å². The predicted octanol–water partition coefficient (Wildman–Crippen LogP) is 2.25. The minimum atomic E-state index is -2.22. The highest BCUT2D eigenvalue weighted by Crippen LogP contribution is 2.35. The molecule has 30 heavy (non-hydrogen) atoms. The van der Waals surface area contributed by atoms with Crippen LogP contribution in [-0.4, -0.2) is 65.8 Å². The number of carbonyl (C=O) groups is 1. The van der Waals surface area contributed by atoms with Crippen molar-refractivity contribution in [3.63, 3.8) is 0 Å². The fourth-order valence-electron chi connectivity index (χ4n) is 3.21. The zero-order valence-electron chi connectivity index (χ0n) is 16.0. The lowest BCUT2D eigenvalue weighted by atomic mass is 9.95. The fraction of sp³-hybridized carbons (Fsp3) is 0.526. The normalized spacial score (nSPS) is 31.5. The van der Waals surface area contributed by atoms with Crippen LogP contribution in [0.5, 0.6) is 5.75 Å². The number of amides is 1. The molecule has 2 aliphatic heterocycles. The van der Waals surface area contributed by atoms with Gasteiger partial charge in [0.1, 0.15) is 30.1 Å². The molecule has 8 nitrogen and oxygen atoms in total. The first kappa shape index (κ1) is 23.6. The second-order valence-electron chi connectivity index (χ2n) is 6.69. The van der Waals surface area contributed by atoms with Crippen LogP contribution in [0, 0.1) is 0 Å². The van der Waals surface area contributed by atoms with Crippen LogP contribution in [-0.2, 0) is 23.7 Å². The molecule has 166 valence electrons. The lowest BCUT2D eigenvalue weighted by Gasteiger charge is -2.47. The monoisotopic (exact) mass is 481 g/mol. The number of rotatable bonds is 6. The second-order valence-corrected chi connectivity index (χ2v) is 8.97. The van der Waals surface area contributed by atoms with E-state index < -0.39 is 46.6 Å². The maximum Gasteiger partial charge on any atom is 0.272 e. The van der Waals surface area contributed by atoms with Crippen molar-refractivity contribution in [3.05, 3.63) is 42.5 Å². The molecular weight excluding hydrogens is 461 g/mol. The quantitative estimate of drug-likeness (QED) is 0.474. The van der Waals surface area contributed by atoms with E-state index in [9.17, 15) is 9.90 Å². The Bertz CT molecular complexity index is 743. The first-order chi connectivity index (χ1) is 14.2. The van der Waals surface area contributed by atoms with Crippen molar-refractivity contribution >= 4 is 40.7 Å². The molecule has 11 heteroatoms. The number of benzene rings is 1. The molecule has 2 fully saturated rings. The Kier molecular flexibility index (Phi) is 7.86. The maximum atomic E-state index is 12.2. The summed E-state index contributed by atoms with van der Waals surface area (Å²) in [4.78, 5) is 12.2. The van der Waals surface area contributed by atoms with E-state index in [1.54, 1.807) is 31.4 Å². The highest BCUT2D eigenvalue weighted by molar-refractivity contribution is 6.76. The SMILES string of the molecule is C=CCO[C@@H]1OC2COC(c3ccc(OC)cc3)O[C@@H]2[C@H](O)C1NC(=O)C(Cl)(Cl)Cl. The topological polar surface area (TPSA) is 95.5 Å². The summed E-state index contributed by atoms with van der Waals surface area (Å²) >= 11 is 16.9. The van der Waals surface area contributed by atoms with Gasteiger partial charge in [0.25, 0.3) is 9.70 Å². The molecular formula is C19H22Cl3NO7. The van der Waals surface area contributed by atoms with Gasteiger partial charge in [-0.3, -0.25) is 4.79 Å². The van der Waals surface area contributed by atoms with E-state index in [4.69, 9.17) is 58.5 Å². The summed E-state index contributed by atoms with van der Waals surface area (Å²) in [5, 5.41) is 13.4. The van der Waals surface area contributed by atoms with Crippen molar-refractivity contribution in [2.24, 2.45) is 0 Å². The van der Waals surface area contributed by atoms with E-state index in [0.717, 1.165) is 5.56 Å². The zero-order chi connectivity index (χ0) is 21.9. The van der Waals surface area contributed by atoms with Crippen molar-refractivity contribution in [2.75, 3.05) is 20.3 Å². The predicted molar refractivity (Wildman–Crippen MR) is 110 cm³/mol. The largest absolute Gasteiger partial charge is 0.497 e. The molecule has 0 bridgehead atoms. The fourth-order valence-corrected chi connectivity index (χ4v) is 3.38. The van der Waals surface area contributed by atoms with Crippen molar-refractivity contribution in [2.45, 2.75) is 40.7 Å². The summed E-state index contributed by atoms with van der Waals surface area (Å²) < 4.78 is 26.0. The van der Waals surface area contributed by atoms with E-state index in [2.05, 4.69) is 11.9 Å². The van der Waals surface area contributed by atoms with E-state index in [1.807, 2.05) is 0 Å². The molecule has 0 aliphatic carbocycles. The van der Waals surface area contributed by atoms with Crippen LogP contribution in [0.4, 0.5) is 0 Å². The van der Waals surface area contributed by atoms with E-state index in [-0.39, 0.29) is 13.2 Å². The first-order valence-corrected chi connectivity index (χ1v) is 10.2. The molecule has 2 N–H and O–H groups in total. The molecule has 3 rings (SSSR count). The molecule has 1 aromatic rings. The highest BCUT2D eigenvalue weighted by Gasteiger charge is 2.51. The van der Waals surface area contributed by atoms with Crippen LogP contribution in [0.2, 0.25) is 0 Å². The number of ether oxygens (including phenoxy) is 5. The van der Waals surface area contributed by atoms with Gasteiger partial charge in [0, 0.05) is 5.56 Å². The molecule has 1 aromatic carbocycles. The molecule has 2 heterocycles. The van der Waals surface area contributed by atoms with Crippen LogP contribution in [0.1, 0.15) is 11.9 Å². The third-order valence-electron chi connectivity index (χ3n) is 4.69. The molecule has 0 spiro atoms. The summed E-state index contributed by atoms with van der Waals surface area (Å²) in [6, 6.07) is 6.07. The van der Waals surface area contributed by atoms with Crippen LogP contribution in [0.3, 0.4) is 0 Å². The minimum absolute atomic E-state index is 0.116. The van der Waals surface area contributed by atoms with Crippen molar-refractivity contribution in [3.8, 4) is 5.75 Å². The maximum absolute atomic E-state index is 12.2. The number of nitrogens with one attached hydrogen (secondary N) is 1. The average molecular weight is 483 g/mol. The van der Waals surface area contributed by atoms with Crippen LogP contribution in [0.15, 0.2) is 36.9 Å². The number of carbonyl (C=O) groups excluding carboxylic acids is 1. The van der Waals surface area contributed by atoms with Gasteiger partial charge < -0.3 is 34.1 Å². The molecule has 6 atom stereocenters. The summed E-state index contributed by atoms with van der Waals surface area (Å²) in [5.41, 5.74) is 0.730. The van der Waals surface area contributed by atoms with E-state index >= 15 is 0 Å². The van der Waals surface area contributed by atoms with Crippen molar-refractivity contribution in [1.82, 2.24) is 5.32 Å². The van der Waals surface area contributed by atoms with Gasteiger partial charge in [-0.1, -0.05) is 53.0 Å². The van der Waals surface area contributed by atoms with E-state index in [0.29, 0.717) is 5.75 Å². The van der Waals surface area contributed by atoms with Crippen molar-refractivity contribution < 1.29 is 33.6 Å². The molecule has 2 aliphatic rings. The van der Waals surface area contributed by atoms with Crippen LogP contribution >= 0.6 is 34.8 Å². The van der Waals surface area contributed by atoms with Gasteiger partial charge in [-0.25, -0.2) is 0 Å². The average Bonchev–Trinajstić information content (AvgIpc) is 2.73. The molecule has 0 saturated carbocycles. The molecule has 1 amide bonds. The van der Waals surface area contributed by atoms with Crippen LogP contribution < -0.4 is 10.1 Å². The van der Waals surface area contributed by atoms with E-state index in [1.165, 1.54) is 6.08 Å². The molecule has 2 saturated heterocycles. The number of halogens is 3. The number of alkyl halides is 3. The Morgan fingerprint density at radius 3 is 2.63 bits per heavy atom. The first-order valence-electron chi connectivity index (χ1n) is 9.09.